The number of rotatable bonds is 3. The maximum atomic E-state index is 2.46. The van der Waals surface area contributed by atoms with Crippen LogP contribution in [0.25, 0.3) is 76.9 Å². The highest BCUT2D eigenvalue weighted by Gasteiger charge is 2.19. The first-order valence-electron chi connectivity index (χ1n) is 14.5. The van der Waals surface area contributed by atoms with E-state index in [1.807, 2.05) is 0 Å². The fourth-order valence-electron chi connectivity index (χ4n) is 6.84. The summed E-state index contributed by atoms with van der Waals surface area (Å²) >= 11 is 0. The fraction of sp³-hybridized carbons (Fsp3) is 0. The molecule has 0 aliphatic carbocycles. The van der Waals surface area contributed by atoms with E-state index < -0.39 is 0 Å². The predicted molar refractivity (Wildman–Crippen MR) is 178 cm³/mol. The molecule has 0 aliphatic rings. The summed E-state index contributed by atoms with van der Waals surface area (Å²) in [4.78, 5) is 0. The minimum absolute atomic E-state index is 1.17. The lowest BCUT2D eigenvalue weighted by molar-refractivity contribution is 1.18. The molecule has 0 fully saturated rings. The van der Waals surface area contributed by atoms with E-state index in [4.69, 9.17) is 0 Å². The second-order valence-corrected chi connectivity index (χ2v) is 11.0. The molecule has 0 bridgehead atoms. The van der Waals surface area contributed by atoms with Gasteiger partial charge >= 0.3 is 0 Å². The van der Waals surface area contributed by atoms with Crippen LogP contribution in [0.3, 0.4) is 0 Å². The number of hydrogen-bond acceptors (Lipinski definition) is 0. The third kappa shape index (κ3) is 3.33. The Kier molecular flexibility index (Phi) is 4.93. The topological polar surface area (TPSA) is 9.86 Å². The van der Waals surface area contributed by atoms with Gasteiger partial charge in [-0.2, -0.15) is 0 Å². The summed E-state index contributed by atoms with van der Waals surface area (Å²) in [5.74, 6) is 0. The van der Waals surface area contributed by atoms with Crippen molar-refractivity contribution in [2.24, 2.45) is 0 Å². The lowest BCUT2D eigenvalue weighted by atomic mass is 9.97. The average Bonchev–Trinajstić information content (AvgIpc) is 3.56. The number of hydrogen-bond donors (Lipinski definition) is 0. The number of nitrogens with zero attached hydrogens (tertiary/aromatic N) is 2. The third-order valence-electron chi connectivity index (χ3n) is 8.67. The first kappa shape index (κ1) is 23.1. The molecule has 2 nitrogen and oxygen atoms in total. The van der Waals surface area contributed by atoms with E-state index in [0.717, 1.165) is 0 Å². The molecular formula is C40H26N2. The van der Waals surface area contributed by atoms with Crippen molar-refractivity contribution in [1.82, 2.24) is 9.13 Å². The molecule has 0 atom stereocenters. The van der Waals surface area contributed by atoms with Crippen LogP contribution < -0.4 is 0 Å². The zero-order valence-electron chi connectivity index (χ0n) is 22.9. The van der Waals surface area contributed by atoms with Crippen LogP contribution >= 0.6 is 0 Å². The molecule has 2 aromatic heterocycles. The number of benzene rings is 7. The highest BCUT2D eigenvalue weighted by atomic mass is 15.0. The molecule has 0 aliphatic heterocycles. The van der Waals surface area contributed by atoms with E-state index in [-0.39, 0.29) is 0 Å². The van der Waals surface area contributed by atoms with Gasteiger partial charge in [-0.05, 0) is 70.4 Å². The standard InChI is InChI=1S/C40H26N2/c1-3-13-27(14-4-1)34-24-30(23-28-15-7-8-18-31(28)34)42-38-22-12-10-20-33(38)36-25-39-35(26-40(36)42)32-19-9-11-21-37(32)41(39)29-16-5-2-6-17-29/h1-26H. The molecule has 9 rings (SSSR count). The second-order valence-electron chi connectivity index (χ2n) is 11.0. The van der Waals surface area contributed by atoms with E-state index in [1.165, 1.54) is 76.9 Å². The van der Waals surface area contributed by atoms with Crippen LogP contribution in [0.15, 0.2) is 158 Å². The van der Waals surface area contributed by atoms with Gasteiger partial charge in [0, 0.05) is 32.9 Å². The predicted octanol–water partition coefficient (Wildman–Crippen LogP) is 10.7. The smallest absolute Gasteiger partial charge is 0.0548 e. The van der Waals surface area contributed by atoms with Gasteiger partial charge in [0.2, 0.25) is 0 Å². The Morgan fingerprint density at radius 2 is 0.810 bits per heavy atom. The Morgan fingerprint density at radius 3 is 1.45 bits per heavy atom. The van der Waals surface area contributed by atoms with Crippen molar-refractivity contribution in [3.63, 3.8) is 0 Å². The molecule has 0 unspecified atom stereocenters. The molecule has 0 N–H and O–H groups in total. The van der Waals surface area contributed by atoms with Gasteiger partial charge in [0.15, 0.2) is 0 Å². The molecule has 196 valence electrons. The molecule has 0 spiro atoms. The average molecular weight is 535 g/mol. The molecule has 0 amide bonds. The van der Waals surface area contributed by atoms with Gasteiger partial charge in [-0.25, -0.2) is 0 Å². The summed E-state index contributed by atoms with van der Waals surface area (Å²) in [7, 11) is 0. The number of para-hydroxylation sites is 3. The van der Waals surface area contributed by atoms with E-state index in [0.29, 0.717) is 0 Å². The van der Waals surface area contributed by atoms with Gasteiger partial charge in [-0.15, -0.1) is 0 Å². The number of aromatic nitrogens is 2. The molecule has 0 saturated carbocycles. The Morgan fingerprint density at radius 1 is 0.310 bits per heavy atom. The van der Waals surface area contributed by atoms with Crippen LogP contribution in [-0.2, 0) is 0 Å². The Labute approximate surface area is 243 Å². The first-order valence-corrected chi connectivity index (χ1v) is 14.5. The molecule has 9 aromatic rings. The summed E-state index contributed by atoms with van der Waals surface area (Å²) in [5.41, 5.74) is 9.69. The molecule has 2 heterocycles. The van der Waals surface area contributed by atoms with E-state index >= 15 is 0 Å². The largest absolute Gasteiger partial charge is 0.309 e. The van der Waals surface area contributed by atoms with Crippen molar-refractivity contribution in [1.29, 1.82) is 0 Å². The minimum atomic E-state index is 1.17. The van der Waals surface area contributed by atoms with Gasteiger partial charge in [-0.1, -0.05) is 109 Å². The Hall–Kier alpha value is -5.60. The SMILES string of the molecule is c1ccc(-c2cc(-n3c4ccccc4c4cc5c(cc43)c3ccccc3n5-c3ccccc3)cc3ccccc23)cc1. The van der Waals surface area contributed by atoms with Crippen molar-refractivity contribution in [3.8, 4) is 22.5 Å². The van der Waals surface area contributed by atoms with E-state index in [2.05, 4.69) is 167 Å². The molecule has 2 heteroatoms. The van der Waals surface area contributed by atoms with Gasteiger partial charge in [0.1, 0.15) is 0 Å². The highest BCUT2D eigenvalue weighted by Crippen LogP contribution is 2.41. The summed E-state index contributed by atoms with van der Waals surface area (Å²) in [6.07, 6.45) is 0. The van der Waals surface area contributed by atoms with Crippen molar-refractivity contribution >= 4 is 54.4 Å². The van der Waals surface area contributed by atoms with Gasteiger partial charge < -0.3 is 9.13 Å². The van der Waals surface area contributed by atoms with Crippen molar-refractivity contribution in [2.45, 2.75) is 0 Å². The zero-order chi connectivity index (χ0) is 27.6. The van der Waals surface area contributed by atoms with Crippen LogP contribution in [0.4, 0.5) is 0 Å². The summed E-state index contributed by atoms with van der Waals surface area (Å²) in [5, 5.41) is 7.54. The fourth-order valence-corrected chi connectivity index (χ4v) is 6.84. The van der Waals surface area contributed by atoms with Crippen molar-refractivity contribution in [2.75, 3.05) is 0 Å². The van der Waals surface area contributed by atoms with Gasteiger partial charge in [-0.3, -0.25) is 0 Å². The Balaban J connectivity index is 1.43. The van der Waals surface area contributed by atoms with Crippen molar-refractivity contribution < 1.29 is 0 Å². The van der Waals surface area contributed by atoms with Crippen LogP contribution in [-0.4, -0.2) is 9.13 Å². The number of fused-ring (bicyclic) bond motifs is 7. The van der Waals surface area contributed by atoms with Crippen LogP contribution in [0.2, 0.25) is 0 Å². The molecule has 0 saturated heterocycles. The maximum absolute atomic E-state index is 2.46. The van der Waals surface area contributed by atoms with Crippen LogP contribution in [0, 0.1) is 0 Å². The zero-order valence-corrected chi connectivity index (χ0v) is 22.9. The maximum Gasteiger partial charge on any atom is 0.0548 e. The summed E-state index contributed by atoms with van der Waals surface area (Å²) < 4.78 is 4.86. The summed E-state index contributed by atoms with van der Waals surface area (Å²) in [6, 6.07) is 57.2. The lowest BCUT2D eigenvalue weighted by Gasteiger charge is -2.14. The molecule has 7 aromatic carbocycles. The molecule has 42 heavy (non-hydrogen) atoms. The monoisotopic (exact) mass is 534 g/mol. The van der Waals surface area contributed by atoms with Gasteiger partial charge in [0.05, 0.1) is 22.1 Å². The Bertz CT molecular complexity index is 2440. The van der Waals surface area contributed by atoms with Crippen LogP contribution in [0.1, 0.15) is 0 Å². The third-order valence-corrected chi connectivity index (χ3v) is 8.67. The van der Waals surface area contributed by atoms with Crippen molar-refractivity contribution in [3.05, 3.63) is 158 Å². The van der Waals surface area contributed by atoms with E-state index in [9.17, 15) is 0 Å². The molecular weight excluding hydrogens is 508 g/mol. The van der Waals surface area contributed by atoms with Crippen LogP contribution in [0.5, 0.6) is 0 Å². The first-order chi connectivity index (χ1) is 20.8. The second kappa shape index (κ2) is 8.95. The highest BCUT2D eigenvalue weighted by molar-refractivity contribution is 6.19. The lowest BCUT2D eigenvalue weighted by Crippen LogP contribution is -1.96. The van der Waals surface area contributed by atoms with Gasteiger partial charge in [0.25, 0.3) is 0 Å². The normalized spacial score (nSPS) is 11.8. The van der Waals surface area contributed by atoms with E-state index in [1.54, 1.807) is 0 Å². The minimum Gasteiger partial charge on any atom is -0.309 e. The summed E-state index contributed by atoms with van der Waals surface area (Å²) in [6.45, 7) is 0. The quantitative estimate of drug-likeness (QED) is 0.213. The molecule has 0 radical (unpaired) electrons.